The number of Topliss-reactive ketones (excluding diaryl/α,β-unsaturated/α-hetero) is 1. The molecule has 2 aromatic carbocycles. The summed E-state index contributed by atoms with van der Waals surface area (Å²) in [5, 5.41) is 0. The molecular formula is C17H17NO3S. The molecule has 0 aliphatic carbocycles. The van der Waals surface area contributed by atoms with Crippen LogP contribution in [0.2, 0.25) is 0 Å². The first-order valence-corrected chi connectivity index (χ1v) is 8.57. The number of ketones is 1. The Bertz CT molecular complexity index is 856. The van der Waals surface area contributed by atoms with Crippen molar-refractivity contribution >= 4 is 21.5 Å². The maximum atomic E-state index is 13.0. The average Bonchev–Trinajstić information content (AvgIpc) is 2.50. The number of hydrogen-bond acceptors (Lipinski definition) is 3. The minimum absolute atomic E-state index is 0.0111. The van der Waals surface area contributed by atoms with Crippen molar-refractivity contribution in [3.8, 4) is 0 Å². The van der Waals surface area contributed by atoms with E-state index in [1.165, 1.54) is 4.31 Å². The van der Waals surface area contributed by atoms with Gasteiger partial charge in [-0.3, -0.25) is 9.10 Å². The van der Waals surface area contributed by atoms with Gasteiger partial charge in [-0.25, -0.2) is 8.42 Å². The van der Waals surface area contributed by atoms with Crippen molar-refractivity contribution in [2.45, 2.75) is 25.2 Å². The van der Waals surface area contributed by atoms with E-state index in [-0.39, 0.29) is 18.7 Å². The maximum Gasteiger partial charge on any atom is 0.264 e. The van der Waals surface area contributed by atoms with Crippen molar-refractivity contribution in [3.63, 3.8) is 0 Å². The molecule has 0 amide bonds. The van der Waals surface area contributed by atoms with Gasteiger partial charge in [0.25, 0.3) is 10.0 Å². The Morgan fingerprint density at radius 2 is 1.77 bits per heavy atom. The molecule has 0 unspecified atom stereocenters. The summed E-state index contributed by atoms with van der Waals surface area (Å²) in [6.07, 6.45) is 0.209. The SMILES string of the molecule is Cc1ccc(C)c(S(=O)(=O)N2CCC(=O)c3ccccc32)c1. The molecule has 5 heteroatoms. The quantitative estimate of drug-likeness (QED) is 0.856. The topological polar surface area (TPSA) is 54.5 Å². The van der Waals surface area contributed by atoms with E-state index in [2.05, 4.69) is 0 Å². The zero-order valence-corrected chi connectivity index (χ0v) is 13.4. The number of aryl methyl sites for hydroxylation is 2. The first kappa shape index (κ1) is 14.8. The Kier molecular flexibility index (Phi) is 3.53. The molecule has 0 atom stereocenters. The van der Waals surface area contributed by atoms with Gasteiger partial charge in [0.1, 0.15) is 0 Å². The highest BCUT2D eigenvalue weighted by atomic mass is 32.2. The molecule has 1 heterocycles. The summed E-state index contributed by atoms with van der Waals surface area (Å²) in [6.45, 7) is 3.84. The van der Waals surface area contributed by atoms with E-state index in [9.17, 15) is 13.2 Å². The molecule has 0 saturated heterocycles. The zero-order chi connectivity index (χ0) is 15.9. The van der Waals surface area contributed by atoms with Crippen LogP contribution in [0.3, 0.4) is 0 Å². The van der Waals surface area contributed by atoms with E-state index in [1.54, 1.807) is 37.3 Å². The fraction of sp³-hybridized carbons (Fsp3) is 0.235. The molecule has 22 heavy (non-hydrogen) atoms. The Hall–Kier alpha value is -2.14. The van der Waals surface area contributed by atoms with Gasteiger partial charge in [0, 0.05) is 18.5 Å². The minimum Gasteiger partial charge on any atom is -0.294 e. The van der Waals surface area contributed by atoms with Gasteiger partial charge in [-0.15, -0.1) is 0 Å². The molecule has 0 radical (unpaired) electrons. The molecule has 1 aliphatic heterocycles. The molecule has 0 bridgehead atoms. The Morgan fingerprint density at radius 3 is 2.55 bits per heavy atom. The van der Waals surface area contributed by atoms with E-state index in [0.717, 1.165) is 5.56 Å². The molecule has 3 rings (SSSR count). The normalized spacial score (nSPS) is 14.8. The van der Waals surface area contributed by atoms with Crippen molar-refractivity contribution in [3.05, 3.63) is 59.2 Å². The number of carbonyl (C=O) groups excluding carboxylic acids is 1. The lowest BCUT2D eigenvalue weighted by Gasteiger charge is -2.30. The number of carbonyl (C=O) groups is 1. The number of hydrogen-bond donors (Lipinski definition) is 0. The van der Waals surface area contributed by atoms with Gasteiger partial charge in [0.05, 0.1) is 10.6 Å². The molecule has 114 valence electrons. The van der Waals surface area contributed by atoms with Gasteiger partial charge < -0.3 is 0 Å². The molecule has 2 aromatic rings. The molecule has 1 aliphatic rings. The summed E-state index contributed by atoms with van der Waals surface area (Å²) in [5.41, 5.74) is 2.55. The lowest BCUT2D eigenvalue weighted by Crippen LogP contribution is -2.37. The summed E-state index contributed by atoms with van der Waals surface area (Å²) < 4.78 is 27.4. The number of anilines is 1. The molecule has 4 nitrogen and oxygen atoms in total. The number of benzene rings is 2. The summed E-state index contributed by atoms with van der Waals surface area (Å²) in [6, 6.07) is 12.3. The van der Waals surface area contributed by atoms with E-state index in [0.29, 0.717) is 21.7 Å². The second-order valence-electron chi connectivity index (χ2n) is 5.54. The predicted octanol–water partition coefficient (Wildman–Crippen LogP) is 3.09. The van der Waals surface area contributed by atoms with E-state index in [1.807, 2.05) is 19.1 Å². The van der Waals surface area contributed by atoms with Gasteiger partial charge in [0.2, 0.25) is 0 Å². The molecular weight excluding hydrogens is 298 g/mol. The van der Waals surface area contributed by atoms with Gasteiger partial charge in [-0.2, -0.15) is 0 Å². The van der Waals surface area contributed by atoms with Crippen LogP contribution in [0.15, 0.2) is 47.4 Å². The van der Waals surface area contributed by atoms with Gasteiger partial charge in [-0.1, -0.05) is 24.3 Å². The number of nitrogens with zero attached hydrogens (tertiary/aromatic N) is 1. The van der Waals surface area contributed by atoms with Gasteiger partial charge in [-0.05, 0) is 43.2 Å². The van der Waals surface area contributed by atoms with E-state index >= 15 is 0 Å². The van der Waals surface area contributed by atoms with Gasteiger partial charge >= 0.3 is 0 Å². The number of rotatable bonds is 2. The van der Waals surface area contributed by atoms with Gasteiger partial charge in [0.15, 0.2) is 5.78 Å². The maximum absolute atomic E-state index is 13.0. The van der Waals surface area contributed by atoms with Crippen LogP contribution in [0.1, 0.15) is 27.9 Å². The fourth-order valence-corrected chi connectivity index (χ4v) is 4.54. The van der Waals surface area contributed by atoms with Crippen LogP contribution in [0.25, 0.3) is 0 Å². The highest BCUT2D eigenvalue weighted by Crippen LogP contribution is 2.32. The zero-order valence-electron chi connectivity index (χ0n) is 12.5. The van der Waals surface area contributed by atoms with Crippen molar-refractivity contribution < 1.29 is 13.2 Å². The summed E-state index contributed by atoms with van der Waals surface area (Å²) >= 11 is 0. The summed E-state index contributed by atoms with van der Waals surface area (Å²) in [7, 11) is -3.67. The van der Waals surface area contributed by atoms with Crippen LogP contribution in [0, 0.1) is 13.8 Å². The molecule has 0 saturated carbocycles. The van der Waals surface area contributed by atoms with Crippen molar-refractivity contribution in [1.82, 2.24) is 0 Å². The molecule has 0 N–H and O–H groups in total. The predicted molar refractivity (Wildman–Crippen MR) is 85.8 cm³/mol. The molecule has 0 fully saturated rings. The van der Waals surface area contributed by atoms with Crippen LogP contribution in [0.4, 0.5) is 5.69 Å². The van der Waals surface area contributed by atoms with Crippen LogP contribution >= 0.6 is 0 Å². The van der Waals surface area contributed by atoms with Crippen molar-refractivity contribution in [2.75, 3.05) is 10.8 Å². The lowest BCUT2D eigenvalue weighted by molar-refractivity contribution is 0.0982. The average molecular weight is 315 g/mol. The third kappa shape index (κ3) is 2.31. The third-order valence-corrected chi connectivity index (χ3v) is 5.88. The summed E-state index contributed by atoms with van der Waals surface area (Å²) in [5.74, 6) is -0.0111. The monoisotopic (exact) mass is 315 g/mol. The lowest BCUT2D eigenvalue weighted by atomic mass is 10.0. The third-order valence-electron chi connectivity index (χ3n) is 3.93. The van der Waals surface area contributed by atoms with Crippen molar-refractivity contribution in [2.24, 2.45) is 0 Å². The van der Waals surface area contributed by atoms with Crippen LogP contribution in [0.5, 0.6) is 0 Å². The Balaban J connectivity index is 2.17. The highest BCUT2D eigenvalue weighted by Gasteiger charge is 2.32. The van der Waals surface area contributed by atoms with Crippen LogP contribution in [-0.2, 0) is 10.0 Å². The fourth-order valence-electron chi connectivity index (χ4n) is 2.74. The second-order valence-corrected chi connectivity index (χ2v) is 7.37. The smallest absolute Gasteiger partial charge is 0.264 e. The standard InChI is InChI=1S/C17H17NO3S/c1-12-7-8-13(2)17(11-12)22(20,21)18-10-9-16(19)14-5-3-4-6-15(14)18/h3-8,11H,9-10H2,1-2H3. The van der Waals surface area contributed by atoms with E-state index < -0.39 is 10.0 Å². The summed E-state index contributed by atoms with van der Waals surface area (Å²) in [4.78, 5) is 12.3. The number of sulfonamides is 1. The number of fused-ring (bicyclic) bond motifs is 1. The second kappa shape index (κ2) is 5.25. The van der Waals surface area contributed by atoms with Crippen molar-refractivity contribution in [1.29, 1.82) is 0 Å². The molecule has 0 aromatic heterocycles. The first-order chi connectivity index (χ1) is 10.4. The molecule has 0 spiro atoms. The number of para-hydroxylation sites is 1. The first-order valence-electron chi connectivity index (χ1n) is 7.13. The Labute approximate surface area is 130 Å². The Morgan fingerprint density at radius 1 is 1.05 bits per heavy atom. The minimum atomic E-state index is -3.67. The largest absolute Gasteiger partial charge is 0.294 e. The highest BCUT2D eigenvalue weighted by molar-refractivity contribution is 7.92. The van der Waals surface area contributed by atoms with E-state index in [4.69, 9.17) is 0 Å². The van der Waals surface area contributed by atoms with Crippen LogP contribution in [-0.4, -0.2) is 20.7 Å². The van der Waals surface area contributed by atoms with Crippen LogP contribution < -0.4 is 4.31 Å².